The minimum Gasteiger partial charge on any atom is -0.339 e. The van der Waals surface area contributed by atoms with E-state index in [1.165, 1.54) is 0 Å². The highest BCUT2D eigenvalue weighted by atomic mass is 16.2. The molecule has 0 radical (unpaired) electrons. The molecule has 0 N–H and O–H groups in total. The SMILES string of the molecule is CC(=O)N(CCC(=O)N1CCN(c2ncccn2)CC1)c1cc(C)cc(C)c1. The Balaban J connectivity index is 1.56. The monoisotopic (exact) mass is 381 g/mol. The van der Waals surface area contributed by atoms with Crippen LogP contribution in [0.3, 0.4) is 0 Å². The van der Waals surface area contributed by atoms with Gasteiger partial charge in [0.25, 0.3) is 0 Å². The zero-order valence-electron chi connectivity index (χ0n) is 16.8. The number of aromatic nitrogens is 2. The lowest BCUT2D eigenvalue weighted by molar-refractivity contribution is -0.131. The van der Waals surface area contributed by atoms with Crippen LogP contribution in [-0.4, -0.2) is 59.4 Å². The highest BCUT2D eigenvalue weighted by Crippen LogP contribution is 2.20. The Morgan fingerprint density at radius 2 is 1.61 bits per heavy atom. The Labute approximate surface area is 166 Å². The van der Waals surface area contributed by atoms with Crippen LogP contribution in [0.2, 0.25) is 0 Å². The Bertz CT molecular complexity index is 812. The third-order valence-electron chi connectivity index (χ3n) is 4.91. The first kappa shape index (κ1) is 19.8. The molecule has 1 fully saturated rings. The molecule has 2 aromatic rings. The van der Waals surface area contributed by atoms with Crippen molar-refractivity contribution in [1.82, 2.24) is 14.9 Å². The molecule has 1 aliphatic heterocycles. The number of nitrogens with zero attached hydrogens (tertiary/aromatic N) is 5. The summed E-state index contributed by atoms with van der Waals surface area (Å²) < 4.78 is 0. The van der Waals surface area contributed by atoms with Crippen LogP contribution in [0, 0.1) is 13.8 Å². The predicted molar refractivity (Wildman–Crippen MR) is 109 cm³/mol. The maximum atomic E-state index is 12.7. The van der Waals surface area contributed by atoms with E-state index in [0.717, 1.165) is 16.8 Å². The smallest absolute Gasteiger partial charge is 0.225 e. The molecule has 0 spiro atoms. The van der Waals surface area contributed by atoms with Gasteiger partial charge in [-0.05, 0) is 43.2 Å². The fourth-order valence-electron chi connectivity index (χ4n) is 3.55. The number of anilines is 2. The van der Waals surface area contributed by atoms with E-state index in [1.807, 2.05) is 30.9 Å². The quantitative estimate of drug-likeness (QED) is 0.794. The van der Waals surface area contributed by atoms with Crippen LogP contribution in [0.25, 0.3) is 0 Å². The molecule has 1 aliphatic rings. The van der Waals surface area contributed by atoms with E-state index in [4.69, 9.17) is 0 Å². The molecule has 2 amide bonds. The van der Waals surface area contributed by atoms with E-state index in [9.17, 15) is 9.59 Å². The maximum absolute atomic E-state index is 12.7. The van der Waals surface area contributed by atoms with Gasteiger partial charge in [0, 0.05) is 64.1 Å². The number of carbonyl (C=O) groups excluding carboxylic acids is 2. The fourth-order valence-corrected chi connectivity index (χ4v) is 3.55. The van der Waals surface area contributed by atoms with Gasteiger partial charge in [0.1, 0.15) is 0 Å². The molecule has 0 bridgehead atoms. The predicted octanol–water partition coefficient (Wildman–Crippen LogP) is 2.19. The van der Waals surface area contributed by atoms with E-state index in [-0.39, 0.29) is 11.8 Å². The van der Waals surface area contributed by atoms with E-state index in [1.54, 1.807) is 30.3 Å². The molecule has 1 saturated heterocycles. The topological polar surface area (TPSA) is 69.6 Å². The van der Waals surface area contributed by atoms with Crippen LogP contribution >= 0.6 is 0 Å². The summed E-state index contributed by atoms with van der Waals surface area (Å²) >= 11 is 0. The summed E-state index contributed by atoms with van der Waals surface area (Å²) in [4.78, 5) is 39.0. The highest BCUT2D eigenvalue weighted by Gasteiger charge is 2.23. The van der Waals surface area contributed by atoms with E-state index < -0.39 is 0 Å². The van der Waals surface area contributed by atoms with Crippen molar-refractivity contribution in [3.8, 4) is 0 Å². The second-order valence-electron chi connectivity index (χ2n) is 7.18. The molecule has 1 aromatic carbocycles. The maximum Gasteiger partial charge on any atom is 0.225 e. The van der Waals surface area contributed by atoms with Gasteiger partial charge in [0.2, 0.25) is 17.8 Å². The van der Waals surface area contributed by atoms with Crippen LogP contribution in [-0.2, 0) is 9.59 Å². The fraction of sp³-hybridized carbons (Fsp3) is 0.429. The van der Waals surface area contributed by atoms with Gasteiger partial charge < -0.3 is 14.7 Å². The summed E-state index contributed by atoms with van der Waals surface area (Å²) in [6, 6.07) is 7.83. The van der Waals surface area contributed by atoms with Crippen LogP contribution in [0.4, 0.5) is 11.6 Å². The third-order valence-corrected chi connectivity index (χ3v) is 4.91. The lowest BCUT2D eigenvalue weighted by Gasteiger charge is -2.35. The highest BCUT2D eigenvalue weighted by molar-refractivity contribution is 5.92. The molecule has 0 saturated carbocycles. The van der Waals surface area contributed by atoms with Crippen molar-refractivity contribution in [2.75, 3.05) is 42.5 Å². The van der Waals surface area contributed by atoms with Crippen LogP contribution in [0.1, 0.15) is 24.5 Å². The average Bonchev–Trinajstić information content (AvgIpc) is 2.68. The molecule has 7 nitrogen and oxygen atoms in total. The summed E-state index contributed by atoms with van der Waals surface area (Å²) in [5.74, 6) is 0.722. The Morgan fingerprint density at radius 1 is 1.00 bits per heavy atom. The van der Waals surface area contributed by atoms with Crippen molar-refractivity contribution in [3.05, 3.63) is 47.8 Å². The number of rotatable bonds is 5. The van der Waals surface area contributed by atoms with Crippen molar-refractivity contribution in [1.29, 1.82) is 0 Å². The average molecular weight is 381 g/mol. The first-order valence-electron chi connectivity index (χ1n) is 9.60. The number of hydrogen-bond donors (Lipinski definition) is 0. The van der Waals surface area contributed by atoms with Crippen LogP contribution in [0.5, 0.6) is 0 Å². The number of benzene rings is 1. The first-order chi connectivity index (χ1) is 13.4. The van der Waals surface area contributed by atoms with Gasteiger partial charge in [-0.15, -0.1) is 0 Å². The molecule has 2 heterocycles. The zero-order chi connectivity index (χ0) is 20.1. The molecule has 148 valence electrons. The number of carbonyl (C=O) groups is 2. The lowest BCUT2D eigenvalue weighted by atomic mass is 10.1. The molecular formula is C21H27N5O2. The van der Waals surface area contributed by atoms with Gasteiger partial charge in [0.15, 0.2) is 0 Å². The minimum absolute atomic E-state index is 0.0520. The third kappa shape index (κ3) is 4.85. The van der Waals surface area contributed by atoms with Gasteiger partial charge in [-0.2, -0.15) is 0 Å². The van der Waals surface area contributed by atoms with Crippen molar-refractivity contribution >= 4 is 23.5 Å². The van der Waals surface area contributed by atoms with Gasteiger partial charge in [-0.25, -0.2) is 9.97 Å². The largest absolute Gasteiger partial charge is 0.339 e. The van der Waals surface area contributed by atoms with Crippen molar-refractivity contribution in [3.63, 3.8) is 0 Å². The Hall–Kier alpha value is -2.96. The van der Waals surface area contributed by atoms with Crippen molar-refractivity contribution in [2.45, 2.75) is 27.2 Å². The Morgan fingerprint density at radius 3 is 2.18 bits per heavy atom. The number of piperazine rings is 1. The second-order valence-corrected chi connectivity index (χ2v) is 7.18. The second kappa shape index (κ2) is 8.82. The van der Waals surface area contributed by atoms with Crippen molar-refractivity contribution in [2.24, 2.45) is 0 Å². The lowest BCUT2D eigenvalue weighted by Crippen LogP contribution is -2.49. The molecule has 1 aromatic heterocycles. The molecule has 0 atom stereocenters. The minimum atomic E-state index is -0.0520. The molecule has 0 aliphatic carbocycles. The van der Waals surface area contributed by atoms with E-state index >= 15 is 0 Å². The standard InChI is InChI=1S/C21H27N5O2/c1-16-13-17(2)15-19(14-16)26(18(3)27)8-5-20(28)24-9-11-25(12-10-24)21-22-6-4-7-23-21/h4,6-7,13-15H,5,8-12H2,1-3H3. The number of amides is 2. The number of aryl methyl sites for hydroxylation is 2. The molecule has 3 rings (SSSR count). The summed E-state index contributed by atoms with van der Waals surface area (Å²) in [6.07, 6.45) is 3.76. The Kier molecular flexibility index (Phi) is 6.23. The van der Waals surface area contributed by atoms with E-state index in [2.05, 4.69) is 20.9 Å². The van der Waals surface area contributed by atoms with Gasteiger partial charge >= 0.3 is 0 Å². The van der Waals surface area contributed by atoms with Gasteiger partial charge in [-0.3, -0.25) is 9.59 Å². The molecule has 0 unspecified atom stereocenters. The summed E-state index contributed by atoms with van der Waals surface area (Å²) in [7, 11) is 0. The van der Waals surface area contributed by atoms with Crippen molar-refractivity contribution < 1.29 is 9.59 Å². The molecular weight excluding hydrogens is 354 g/mol. The van der Waals surface area contributed by atoms with Crippen LogP contribution in [0.15, 0.2) is 36.7 Å². The molecule has 28 heavy (non-hydrogen) atoms. The van der Waals surface area contributed by atoms with E-state index in [0.29, 0.717) is 45.1 Å². The summed E-state index contributed by atoms with van der Waals surface area (Å²) in [5.41, 5.74) is 3.06. The van der Waals surface area contributed by atoms with Gasteiger partial charge in [-0.1, -0.05) is 6.07 Å². The number of hydrogen-bond acceptors (Lipinski definition) is 5. The van der Waals surface area contributed by atoms with Crippen LogP contribution < -0.4 is 9.80 Å². The first-order valence-corrected chi connectivity index (χ1v) is 9.60. The summed E-state index contributed by atoms with van der Waals surface area (Å²) in [6.45, 7) is 8.65. The zero-order valence-corrected chi connectivity index (χ0v) is 16.8. The van der Waals surface area contributed by atoms with Gasteiger partial charge in [0.05, 0.1) is 0 Å². The molecule has 7 heteroatoms. The normalized spacial score (nSPS) is 14.1. The summed E-state index contributed by atoms with van der Waals surface area (Å²) in [5, 5.41) is 0.